The first-order chi connectivity index (χ1) is 12.1. The number of esters is 1. The summed E-state index contributed by atoms with van der Waals surface area (Å²) < 4.78 is 11.8. The molecule has 2 aromatic carbocycles. The molecule has 3 nitrogen and oxygen atoms in total. The van der Waals surface area contributed by atoms with Gasteiger partial charge in [0.1, 0.15) is 11.2 Å². The van der Waals surface area contributed by atoms with E-state index in [1.165, 1.54) is 5.19 Å². The third kappa shape index (κ3) is 3.14. The summed E-state index contributed by atoms with van der Waals surface area (Å²) in [6.45, 7) is 15.9. The maximum Gasteiger partial charge on any atom is 0.338 e. The van der Waals surface area contributed by atoms with Gasteiger partial charge in [0, 0.05) is 10.8 Å². The van der Waals surface area contributed by atoms with Gasteiger partial charge in [0.05, 0.1) is 28.3 Å². The van der Waals surface area contributed by atoms with Gasteiger partial charge in [-0.1, -0.05) is 57.5 Å². The minimum absolute atomic E-state index is 0.211. The topological polar surface area (TPSA) is 39.4 Å². The van der Waals surface area contributed by atoms with Gasteiger partial charge in [0.2, 0.25) is 0 Å². The van der Waals surface area contributed by atoms with Gasteiger partial charge in [-0.25, -0.2) is 4.79 Å². The first-order valence-electron chi connectivity index (χ1n) is 9.22. The van der Waals surface area contributed by atoms with Crippen molar-refractivity contribution < 1.29 is 13.9 Å². The highest BCUT2D eigenvalue weighted by Crippen LogP contribution is 2.30. The second-order valence-corrected chi connectivity index (χ2v) is 18.9. The Balaban J connectivity index is 2.57. The van der Waals surface area contributed by atoms with E-state index in [-0.39, 0.29) is 5.97 Å². The number of carbonyl (C=O) groups excluding carboxylic acids is 1. The third-order valence-corrected chi connectivity index (χ3v) is 8.71. The Bertz CT molecular complexity index is 988. The molecule has 3 aromatic rings. The fourth-order valence-electron chi connectivity index (χ4n) is 3.61. The van der Waals surface area contributed by atoms with Gasteiger partial charge in [0.25, 0.3) is 0 Å². The minimum Gasteiger partial charge on any atom is -0.462 e. The van der Waals surface area contributed by atoms with Crippen LogP contribution in [0.2, 0.25) is 39.3 Å². The van der Waals surface area contributed by atoms with Crippen molar-refractivity contribution >= 4 is 54.4 Å². The predicted octanol–water partition coefficient (Wildman–Crippen LogP) is 4.85. The lowest BCUT2D eigenvalue weighted by atomic mass is 10.1. The number of furan rings is 1. The molecule has 0 fully saturated rings. The van der Waals surface area contributed by atoms with E-state index in [2.05, 4.69) is 51.4 Å². The smallest absolute Gasteiger partial charge is 0.338 e. The molecule has 1 heterocycles. The van der Waals surface area contributed by atoms with Crippen LogP contribution in [-0.4, -0.2) is 28.7 Å². The molecule has 0 radical (unpaired) electrons. The molecule has 0 spiro atoms. The van der Waals surface area contributed by atoms with Crippen LogP contribution in [0.15, 0.2) is 34.7 Å². The number of fused-ring (bicyclic) bond motifs is 3. The Labute approximate surface area is 157 Å². The van der Waals surface area contributed by atoms with Crippen LogP contribution in [0, 0.1) is 0 Å². The molecule has 5 heteroatoms. The average molecular weight is 385 g/mol. The predicted molar refractivity (Wildman–Crippen MR) is 116 cm³/mol. The molecule has 0 aliphatic carbocycles. The molecule has 0 saturated heterocycles. The van der Waals surface area contributed by atoms with Crippen molar-refractivity contribution in [1.29, 1.82) is 0 Å². The van der Waals surface area contributed by atoms with Crippen LogP contribution in [0.5, 0.6) is 0 Å². The zero-order valence-electron chi connectivity index (χ0n) is 16.8. The number of carbonyl (C=O) groups is 1. The van der Waals surface area contributed by atoms with Crippen molar-refractivity contribution in [3.63, 3.8) is 0 Å². The number of rotatable bonds is 4. The van der Waals surface area contributed by atoms with E-state index in [1.807, 2.05) is 25.1 Å². The summed E-state index contributed by atoms with van der Waals surface area (Å²) in [4.78, 5) is 12.9. The van der Waals surface area contributed by atoms with Crippen LogP contribution in [-0.2, 0) is 4.74 Å². The van der Waals surface area contributed by atoms with Crippen LogP contribution in [0.25, 0.3) is 21.9 Å². The lowest BCUT2D eigenvalue weighted by Crippen LogP contribution is -2.46. The maximum absolute atomic E-state index is 12.9. The molecular formula is C21H28O3Si2. The molecule has 0 bridgehead atoms. The van der Waals surface area contributed by atoms with Crippen LogP contribution in [0.1, 0.15) is 17.3 Å². The summed E-state index contributed by atoms with van der Waals surface area (Å²) in [6.07, 6.45) is 0. The number of ether oxygens (including phenoxy) is 1. The summed E-state index contributed by atoms with van der Waals surface area (Å²) in [5.74, 6) is -0.211. The lowest BCUT2D eigenvalue weighted by Gasteiger charge is -2.25. The Kier molecular flexibility index (Phi) is 4.65. The van der Waals surface area contributed by atoms with Gasteiger partial charge in [-0.3, -0.25) is 0 Å². The highest BCUT2D eigenvalue weighted by molar-refractivity contribution is 6.93. The van der Waals surface area contributed by atoms with Crippen LogP contribution >= 0.6 is 0 Å². The molecule has 1 aromatic heterocycles. The highest BCUT2D eigenvalue weighted by atomic mass is 28.3. The molecule has 0 aliphatic rings. The van der Waals surface area contributed by atoms with E-state index >= 15 is 0 Å². The zero-order chi connectivity index (χ0) is 19.3. The summed E-state index contributed by atoms with van der Waals surface area (Å²) >= 11 is 0. The van der Waals surface area contributed by atoms with Crippen molar-refractivity contribution in [3.8, 4) is 0 Å². The Morgan fingerprint density at radius 2 is 1.69 bits per heavy atom. The molecule has 0 amide bonds. The first kappa shape index (κ1) is 18.9. The number of benzene rings is 2. The maximum atomic E-state index is 12.9. The van der Waals surface area contributed by atoms with Gasteiger partial charge in [0.15, 0.2) is 0 Å². The van der Waals surface area contributed by atoms with Gasteiger partial charge in [-0.15, -0.1) is 0 Å². The minimum atomic E-state index is -1.84. The molecule has 0 aliphatic heterocycles. The van der Waals surface area contributed by atoms with Crippen molar-refractivity contribution in [3.05, 3.63) is 35.9 Å². The van der Waals surface area contributed by atoms with E-state index in [0.29, 0.717) is 6.61 Å². The fourth-order valence-corrected chi connectivity index (χ4v) is 7.02. The number of hydrogen-bond acceptors (Lipinski definition) is 3. The average Bonchev–Trinajstić information content (AvgIpc) is 2.90. The molecule has 0 N–H and O–H groups in total. The molecule has 0 atom stereocenters. The Morgan fingerprint density at radius 1 is 1.04 bits per heavy atom. The van der Waals surface area contributed by atoms with Crippen molar-refractivity contribution in [1.82, 2.24) is 0 Å². The van der Waals surface area contributed by atoms with E-state index in [9.17, 15) is 4.79 Å². The van der Waals surface area contributed by atoms with Crippen molar-refractivity contribution in [2.75, 3.05) is 6.61 Å². The zero-order valence-corrected chi connectivity index (χ0v) is 18.8. The van der Waals surface area contributed by atoms with Crippen LogP contribution in [0.4, 0.5) is 0 Å². The van der Waals surface area contributed by atoms with E-state index in [0.717, 1.165) is 32.7 Å². The van der Waals surface area contributed by atoms with Gasteiger partial charge in [-0.05, 0) is 29.4 Å². The molecular weight excluding hydrogens is 356 g/mol. The Morgan fingerprint density at radius 3 is 2.27 bits per heavy atom. The number of hydrogen-bond donors (Lipinski definition) is 0. The number of para-hydroxylation sites is 1. The standard InChI is InChI=1S/C21H28O3Si2/c1-8-23-21(22)15-13-17(25(2,3)4)19-18(20(15)26(5,6)7)14-11-9-10-12-16(14)24-19/h9-13H,8H2,1-7H3. The molecule has 3 rings (SSSR count). The van der Waals surface area contributed by atoms with E-state index < -0.39 is 16.1 Å². The fraction of sp³-hybridized carbons (Fsp3) is 0.381. The molecule has 26 heavy (non-hydrogen) atoms. The quantitative estimate of drug-likeness (QED) is 0.477. The normalized spacial score (nSPS) is 12.7. The summed E-state index contributed by atoms with van der Waals surface area (Å²) in [5, 5.41) is 4.57. The second kappa shape index (κ2) is 6.39. The monoisotopic (exact) mass is 384 g/mol. The van der Waals surface area contributed by atoms with Crippen molar-refractivity contribution in [2.24, 2.45) is 0 Å². The first-order valence-corrected chi connectivity index (χ1v) is 16.2. The van der Waals surface area contributed by atoms with Gasteiger partial charge in [-0.2, -0.15) is 0 Å². The van der Waals surface area contributed by atoms with Crippen LogP contribution < -0.4 is 10.4 Å². The van der Waals surface area contributed by atoms with Gasteiger partial charge >= 0.3 is 5.97 Å². The van der Waals surface area contributed by atoms with E-state index in [4.69, 9.17) is 9.15 Å². The molecule has 138 valence electrons. The summed E-state index contributed by atoms with van der Waals surface area (Å²) in [6, 6.07) is 10.2. The van der Waals surface area contributed by atoms with Crippen molar-refractivity contribution in [2.45, 2.75) is 46.2 Å². The van der Waals surface area contributed by atoms with Gasteiger partial charge < -0.3 is 9.15 Å². The Hall–Kier alpha value is -1.86. The highest BCUT2D eigenvalue weighted by Gasteiger charge is 2.33. The second-order valence-electron chi connectivity index (χ2n) is 8.87. The van der Waals surface area contributed by atoms with E-state index in [1.54, 1.807) is 0 Å². The molecule has 0 unspecified atom stereocenters. The largest absolute Gasteiger partial charge is 0.462 e. The summed E-state index contributed by atoms with van der Waals surface area (Å²) in [5.41, 5.74) is 2.60. The summed E-state index contributed by atoms with van der Waals surface area (Å²) in [7, 11) is -3.57. The third-order valence-electron chi connectivity index (χ3n) is 4.70. The van der Waals surface area contributed by atoms with Crippen LogP contribution in [0.3, 0.4) is 0 Å². The molecule has 0 saturated carbocycles. The SMILES string of the molecule is CCOC(=O)c1cc([Si](C)(C)C)c2oc3ccccc3c2c1[Si](C)(C)C. The lowest BCUT2D eigenvalue weighted by molar-refractivity contribution is 0.0528.